The molecule has 0 N–H and O–H groups in total. The third-order valence-electron chi connectivity index (χ3n) is 4.42. The zero-order valence-corrected chi connectivity index (χ0v) is 15.2. The van der Waals surface area contributed by atoms with Crippen LogP contribution in [-0.2, 0) is 4.84 Å². The molecule has 5 nitrogen and oxygen atoms in total. The standard InChI is InChI=1S/C22H19N3O2/c1-26-22-9-4-3-8-19(22)17-6-5-7-18(13-17)25-15-23-20-12-16(14-24-27-2)10-11-21(20)25/h3-15H,1-2H3. The topological polar surface area (TPSA) is 48.6 Å². The average Bonchev–Trinajstić information content (AvgIpc) is 3.15. The van der Waals surface area contributed by atoms with Gasteiger partial charge in [0.15, 0.2) is 0 Å². The van der Waals surface area contributed by atoms with E-state index in [1.165, 1.54) is 7.11 Å². The first kappa shape index (κ1) is 16.8. The van der Waals surface area contributed by atoms with E-state index < -0.39 is 0 Å². The van der Waals surface area contributed by atoms with Gasteiger partial charge in [-0.3, -0.25) is 4.57 Å². The van der Waals surface area contributed by atoms with E-state index in [0.29, 0.717) is 0 Å². The zero-order chi connectivity index (χ0) is 18.6. The lowest BCUT2D eigenvalue weighted by molar-refractivity contribution is 0.215. The van der Waals surface area contributed by atoms with E-state index in [9.17, 15) is 0 Å². The van der Waals surface area contributed by atoms with Crippen LogP contribution in [0.5, 0.6) is 5.75 Å². The maximum Gasteiger partial charge on any atom is 0.126 e. The molecular formula is C22H19N3O2. The molecule has 0 aliphatic heterocycles. The molecule has 0 atom stereocenters. The number of rotatable bonds is 5. The highest BCUT2D eigenvalue weighted by Crippen LogP contribution is 2.31. The Balaban J connectivity index is 1.77. The molecule has 4 aromatic rings. The van der Waals surface area contributed by atoms with Crippen LogP contribution in [0.2, 0.25) is 0 Å². The number of hydrogen-bond acceptors (Lipinski definition) is 4. The Bertz CT molecular complexity index is 1120. The predicted octanol–water partition coefficient (Wildman–Crippen LogP) is 4.68. The first-order valence-electron chi connectivity index (χ1n) is 8.57. The fourth-order valence-electron chi connectivity index (χ4n) is 3.14. The summed E-state index contributed by atoms with van der Waals surface area (Å²) in [6, 6.07) is 22.4. The molecule has 4 rings (SSSR count). The monoisotopic (exact) mass is 357 g/mol. The van der Waals surface area contributed by atoms with Gasteiger partial charge in [0, 0.05) is 11.3 Å². The van der Waals surface area contributed by atoms with Crippen molar-refractivity contribution in [3.8, 4) is 22.6 Å². The molecule has 0 aliphatic rings. The van der Waals surface area contributed by atoms with Gasteiger partial charge in [-0.1, -0.05) is 41.6 Å². The normalized spacial score (nSPS) is 11.2. The molecule has 3 aromatic carbocycles. The van der Waals surface area contributed by atoms with Crippen molar-refractivity contribution in [3.63, 3.8) is 0 Å². The molecule has 0 amide bonds. The van der Waals surface area contributed by atoms with Crippen LogP contribution in [0.3, 0.4) is 0 Å². The molecule has 0 bridgehead atoms. The Morgan fingerprint density at radius 1 is 0.963 bits per heavy atom. The van der Waals surface area contributed by atoms with Gasteiger partial charge in [-0.15, -0.1) is 0 Å². The van der Waals surface area contributed by atoms with E-state index in [1.807, 2.05) is 48.8 Å². The van der Waals surface area contributed by atoms with E-state index in [-0.39, 0.29) is 0 Å². The number of hydrogen-bond donors (Lipinski definition) is 0. The molecule has 134 valence electrons. The second kappa shape index (κ2) is 7.33. The van der Waals surface area contributed by atoms with Crippen LogP contribution in [-0.4, -0.2) is 30.0 Å². The lowest BCUT2D eigenvalue weighted by Gasteiger charge is -2.11. The van der Waals surface area contributed by atoms with Crippen molar-refractivity contribution in [1.29, 1.82) is 0 Å². The quantitative estimate of drug-likeness (QED) is 0.385. The van der Waals surface area contributed by atoms with Crippen molar-refractivity contribution in [2.45, 2.75) is 0 Å². The Hall–Kier alpha value is -3.60. The van der Waals surface area contributed by atoms with Crippen LogP contribution in [0, 0.1) is 0 Å². The number of benzene rings is 3. The third kappa shape index (κ3) is 3.27. The fraction of sp³-hybridized carbons (Fsp3) is 0.0909. The SMILES string of the molecule is CON=Cc1ccc2c(c1)ncn2-c1cccc(-c2ccccc2OC)c1. The maximum atomic E-state index is 5.50. The van der Waals surface area contributed by atoms with Crippen molar-refractivity contribution in [2.24, 2.45) is 5.16 Å². The van der Waals surface area contributed by atoms with Gasteiger partial charge < -0.3 is 9.57 Å². The largest absolute Gasteiger partial charge is 0.496 e. The summed E-state index contributed by atoms with van der Waals surface area (Å²) < 4.78 is 7.58. The highest BCUT2D eigenvalue weighted by Gasteiger charge is 2.09. The highest BCUT2D eigenvalue weighted by molar-refractivity contribution is 5.87. The van der Waals surface area contributed by atoms with Gasteiger partial charge in [-0.25, -0.2) is 4.98 Å². The number of aromatic nitrogens is 2. The minimum atomic E-state index is 0.854. The number of fused-ring (bicyclic) bond motifs is 1. The zero-order valence-electron chi connectivity index (χ0n) is 15.2. The molecule has 0 fully saturated rings. The molecular weight excluding hydrogens is 338 g/mol. The Labute approximate surface area is 157 Å². The summed E-state index contributed by atoms with van der Waals surface area (Å²) in [6.07, 6.45) is 3.50. The summed E-state index contributed by atoms with van der Waals surface area (Å²) in [6.45, 7) is 0. The molecule has 1 heterocycles. The van der Waals surface area contributed by atoms with E-state index >= 15 is 0 Å². The Morgan fingerprint density at radius 2 is 1.85 bits per heavy atom. The number of para-hydroxylation sites is 1. The summed E-state index contributed by atoms with van der Waals surface area (Å²) in [4.78, 5) is 9.28. The van der Waals surface area contributed by atoms with Crippen molar-refractivity contribution in [3.05, 3.63) is 78.6 Å². The highest BCUT2D eigenvalue weighted by atomic mass is 16.6. The molecule has 0 saturated heterocycles. The van der Waals surface area contributed by atoms with Gasteiger partial charge in [-0.2, -0.15) is 0 Å². The second-order valence-electron chi connectivity index (χ2n) is 6.03. The fourth-order valence-corrected chi connectivity index (χ4v) is 3.14. The number of oxime groups is 1. The van der Waals surface area contributed by atoms with Crippen LogP contribution >= 0.6 is 0 Å². The average molecular weight is 357 g/mol. The second-order valence-corrected chi connectivity index (χ2v) is 6.03. The summed E-state index contributed by atoms with van der Waals surface area (Å²) in [5, 5.41) is 3.80. The molecule has 0 aliphatic carbocycles. The van der Waals surface area contributed by atoms with Crippen molar-refractivity contribution in [1.82, 2.24) is 9.55 Å². The van der Waals surface area contributed by atoms with Crippen molar-refractivity contribution in [2.75, 3.05) is 14.2 Å². The van der Waals surface area contributed by atoms with Gasteiger partial charge in [0.1, 0.15) is 19.2 Å². The smallest absolute Gasteiger partial charge is 0.126 e. The van der Waals surface area contributed by atoms with E-state index in [0.717, 1.165) is 39.2 Å². The predicted molar refractivity (Wildman–Crippen MR) is 108 cm³/mol. The van der Waals surface area contributed by atoms with Crippen LogP contribution in [0.25, 0.3) is 27.8 Å². The lowest BCUT2D eigenvalue weighted by atomic mass is 10.0. The molecule has 0 radical (unpaired) electrons. The molecule has 0 unspecified atom stereocenters. The summed E-state index contributed by atoms with van der Waals surface area (Å²) in [7, 11) is 3.22. The first-order chi connectivity index (χ1) is 13.3. The van der Waals surface area contributed by atoms with E-state index in [2.05, 4.69) is 39.0 Å². The van der Waals surface area contributed by atoms with Crippen molar-refractivity contribution >= 4 is 17.2 Å². The number of imidazole rings is 1. The van der Waals surface area contributed by atoms with Crippen LogP contribution in [0.4, 0.5) is 0 Å². The molecule has 27 heavy (non-hydrogen) atoms. The summed E-state index contributed by atoms with van der Waals surface area (Å²) >= 11 is 0. The van der Waals surface area contributed by atoms with Gasteiger partial charge in [-0.05, 0) is 41.5 Å². The number of methoxy groups -OCH3 is 1. The maximum absolute atomic E-state index is 5.50. The Kier molecular flexibility index (Phi) is 4.58. The van der Waals surface area contributed by atoms with Crippen LogP contribution < -0.4 is 4.74 Å². The lowest BCUT2D eigenvalue weighted by Crippen LogP contribution is -1.93. The molecule has 5 heteroatoms. The van der Waals surface area contributed by atoms with Gasteiger partial charge in [0.2, 0.25) is 0 Å². The van der Waals surface area contributed by atoms with E-state index in [1.54, 1.807) is 13.3 Å². The van der Waals surface area contributed by atoms with Gasteiger partial charge in [0.25, 0.3) is 0 Å². The first-order valence-corrected chi connectivity index (χ1v) is 8.57. The van der Waals surface area contributed by atoms with Crippen molar-refractivity contribution < 1.29 is 9.57 Å². The summed E-state index contributed by atoms with van der Waals surface area (Å²) in [5.74, 6) is 0.854. The minimum Gasteiger partial charge on any atom is -0.496 e. The minimum absolute atomic E-state index is 0.854. The molecule has 1 aromatic heterocycles. The van der Waals surface area contributed by atoms with Gasteiger partial charge >= 0.3 is 0 Å². The van der Waals surface area contributed by atoms with E-state index in [4.69, 9.17) is 9.57 Å². The summed E-state index contributed by atoms with van der Waals surface area (Å²) in [5.41, 5.74) is 6.07. The van der Waals surface area contributed by atoms with Crippen LogP contribution in [0.1, 0.15) is 5.56 Å². The van der Waals surface area contributed by atoms with Crippen LogP contribution in [0.15, 0.2) is 78.2 Å². The molecule has 0 saturated carbocycles. The molecule has 0 spiro atoms. The number of ether oxygens (including phenoxy) is 1. The van der Waals surface area contributed by atoms with Gasteiger partial charge in [0.05, 0.1) is 24.4 Å². The number of nitrogens with zero attached hydrogens (tertiary/aromatic N) is 3. The Morgan fingerprint density at radius 3 is 2.70 bits per heavy atom. The third-order valence-corrected chi connectivity index (χ3v) is 4.42.